The SMILES string of the molecule is C(=C1CCCC2=C1O[C@H](c1ccccc1)[C@H]1CCCC=C21)c1ccccc1. The molecule has 0 fully saturated rings. The van der Waals surface area contributed by atoms with Gasteiger partial charge in [0.1, 0.15) is 11.9 Å². The highest BCUT2D eigenvalue weighted by Crippen LogP contribution is 2.51. The van der Waals surface area contributed by atoms with Gasteiger partial charge in [-0.3, -0.25) is 0 Å². The maximum absolute atomic E-state index is 6.80. The van der Waals surface area contributed by atoms with Crippen molar-refractivity contribution < 1.29 is 4.74 Å². The van der Waals surface area contributed by atoms with Crippen LogP contribution in [-0.4, -0.2) is 0 Å². The van der Waals surface area contributed by atoms with Crippen molar-refractivity contribution in [3.63, 3.8) is 0 Å². The Labute approximate surface area is 162 Å². The Morgan fingerprint density at radius 3 is 2.44 bits per heavy atom. The molecule has 2 aliphatic carbocycles. The van der Waals surface area contributed by atoms with Crippen LogP contribution in [0, 0.1) is 5.92 Å². The molecule has 1 nitrogen and oxygen atoms in total. The predicted molar refractivity (Wildman–Crippen MR) is 111 cm³/mol. The van der Waals surface area contributed by atoms with Crippen LogP contribution >= 0.6 is 0 Å². The van der Waals surface area contributed by atoms with E-state index in [0.29, 0.717) is 5.92 Å². The summed E-state index contributed by atoms with van der Waals surface area (Å²) in [6.45, 7) is 0. The number of hydrogen-bond donors (Lipinski definition) is 0. The lowest BCUT2D eigenvalue weighted by molar-refractivity contribution is 0.0581. The molecule has 0 amide bonds. The van der Waals surface area contributed by atoms with Gasteiger partial charge in [0.15, 0.2) is 0 Å². The van der Waals surface area contributed by atoms with E-state index in [4.69, 9.17) is 4.74 Å². The van der Waals surface area contributed by atoms with E-state index in [1.807, 2.05) is 0 Å². The van der Waals surface area contributed by atoms with Crippen molar-refractivity contribution >= 4 is 6.08 Å². The highest BCUT2D eigenvalue weighted by atomic mass is 16.5. The molecule has 0 bridgehead atoms. The molecular formula is C26H26O. The van der Waals surface area contributed by atoms with Crippen LogP contribution in [0.25, 0.3) is 6.08 Å². The summed E-state index contributed by atoms with van der Waals surface area (Å²) in [5.41, 5.74) is 7.01. The van der Waals surface area contributed by atoms with E-state index < -0.39 is 0 Å². The maximum atomic E-state index is 6.80. The van der Waals surface area contributed by atoms with Crippen LogP contribution in [0.5, 0.6) is 0 Å². The van der Waals surface area contributed by atoms with Gasteiger partial charge in [-0.25, -0.2) is 0 Å². The molecule has 0 radical (unpaired) electrons. The number of hydrogen-bond acceptors (Lipinski definition) is 1. The van der Waals surface area contributed by atoms with Crippen LogP contribution in [0.4, 0.5) is 0 Å². The van der Waals surface area contributed by atoms with Crippen LogP contribution < -0.4 is 0 Å². The number of ether oxygens (including phenoxy) is 1. The summed E-state index contributed by atoms with van der Waals surface area (Å²) < 4.78 is 6.80. The first-order valence-corrected chi connectivity index (χ1v) is 10.3. The molecule has 0 saturated carbocycles. The molecule has 0 saturated heterocycles. The van der Waals surface area contributed by atoms with Crippen molar-refractivity contribution in [1.29, 1.82) is 0 Å². The lowest BCUT2D eigenvalue weighted by Crippen LogP contribution is -2.28. The Hall–Kier alpha value is -2.54. The fourth-order valence-corrected chi connectivity index (χ4v) is 4.90. The predicted octanol–water partition coefficient (Wildman–Crippen LogP) is 7.01. The third kappa shape index (κ3) is 3.16. The van der Waals surface area contributed by atoms with E-state index in [1.54, 1.807) is 5.57 Å². The van der Waals surface area contributed by atoms with Crippen molar-refractivity contribution in [2.24, 2.45) is 5.92 Å². The fraction of sp³-hybridized carbons (Fsp3) is 0.308. The second kappa shape index (κ2) is 7.23. The average molecular weight is 354 g/mol. The summed E-state index contributed by atoms with van der Waals surface area (Å²) in [5.74, 6) is 1.68. The molecule has 2 aromatic rings. The summed E-state index contributed by atoms with van der Waals surface area (Å²) in [6.07, 6.45) is 12.2. The quantitative estimate of drug-likeness (QED) is 0.564. The van der Waals surface area contributed by atoms with Crippen LogP contribution in [0.15, 0.2) is 89.2 Å². The number of rotatable bonds is 2. The first kappa shape index (κ1) is 16.6. The second-order valence-corrected chi connectivity index (χ2v) is 7.89. The number of benzene rings is 2. The van der Waals surface area contributed by atoms with Crippen LogP contribution in [-0.2, 0) is 4.74 Å². The first-order chi connectivity index (χ1) is 13.4. The highest BCUT2D eigenvalue weighted by Gasteiger charge is 2.39. The first-order valence-electron chi connectivity index (χ1n) is 10.3. The van der Waals surface area contributed by atoms with E-state index in [-0.39, 0.29) is 6.10 Å². The molecule has 136 valence electrons. The van der Waals surface area contributed by atoms with E-state index in [0.717, 1.165) is 12.8 Å². The summed E-state index contributed by atoms with van der Waals surface area (Å²) in [6, 6.07) is 21.5. The summed E-state index contributed by atoms with van der Waals surface area (Å²) in [5, 5.41) is 0. The Morgan fingerprint density at radius 2 is 1.63 bits per heavy atom. The normalized spacial score (nSPS) is 26.1. The summed E-state index contributed by atoms with van der Waals surface area (Å²) in [7, 11) is 0. The van der Waals surface area contributed by atoms with Crippen molar-refractivity contribution in [1.82, 2.24) is 0 Å². The standard InChI is InChI=1S/C26H26O/c1-3-10-19(11-4-1)18-21-14-9-17-24-22-15-7-8-16-23(22)25(27-26(21)24)20-12-5-2-6-13-20/h1-6,10-13,15,18,23,25H,7-9,14,16-17H2/t23-,25+/m0/s1. The Morgan fingerprint density at radius 1 is 0.852 bits per heavy atom. The molecular weight excluding hydrogens is 328 g/mol. The maximum Gasteiger partial charge on any atom is 0.131 e. The number of allylic oxidation sites excluding steroid dienone is 3. The van der Waals surface area contributed by atoms with Crippen molar-refractivity contribution in [3.8, 4) is 0 Å². The fourth-order valence-electron chi connectivity index (χ4n) is 4.90. The van der Waals surface area contributed by atoms with Crippen molar-refractivity contribution in [2.45, 2.75) is 44.6 Å². The lowest BCUT2D eigenvalue weighted by Gasteiger charge is -2.41. The molecule has 2 aromatic carbocycles. The topological polar surface area (TPSA) is 9.23 Å². The van der Waals surface area contributed by atoms with Crippen molar-refractivity contribution in [3.05, 3.63) is 100 Å². The number of fused-ring (bicyclic) bond motifs is 2. The molecule has 0 N–H and O–H groups in total. The lowest BCUT2D eigenvalue weighted by atomic mass is 9.73. The monoisotopic (exact) mass is 354 g/mol. The Bertz CT molecular complexity index is 902. The van der Waals surface area contributed by atoms with E-state index >= 15 is 0 Å². The minimum atomic E-state index is 0.147. The molecule has 0 unspecified atom stereocenters. The Balaban J connectivity index is 1.60. The minimum Gasteiger partial charge on any atom is -0.485 e. The van der Waals surface area contributed by atoms with Gasteiger partial charge in [0, 0.05) is 5.92 Å². The molecule has 5 rings (SSSR count). The van der Waals surface area contributed by atoms with Gasteiger partial charge in [0.2, 0.25) is 0 Å². The third-order valence-electron chi connectivity index (χ3n) is 6.15. The van der Waals surface area contributed by atoms with E-state index in [9.17, 15) is 0 Å². The molecule has 0 spiro atoms. The third-order valence-corrected chi connectivity index (χ3v) is 6.15. The molecule has 2 atom stereocenters. The molecule has 0 aromatic heterocycles. The van der Waals surface area contributed by atoms with Crippen LogP contribution in [0.1, 0.15) is 55.8 Å². The van der Waals surface area contributed by atoms with Crippen molar-refractivity contribution in [2.75, 3.05) is 0 Å². The summed E-state index contributed by atoms with van der Waals surface area (Å²) >= 11 is 0. The van der Waals surface area contributed by atoms with Gasteiger partial charge in [0.25, 0.3) is 0 Å². The Kier molecular flexibility index (Phi) is 4.45. The van der Waals surface area contributed by atoms with Gasteiger partial charge in [-0.2, -0.15) is 0 Å². The van der Waals surface area contributed by atoms with Crippen LogP contribution in [0.3, 0.4) is 0 Å². The zero-order valence-electron chi connectivity index (χ0n) is 15.7. The molecule has 1 aliphatic heterocycles. The largest absolute Gasteiger partial charge is 0.485 e. The smallest absolute Gasteiger partial charge is 0.131 e. The molecule has 27 heavy (non-hydrogen) atoms. The molecule has 1 heterocycles. The van der Waals surface area contributed by atoms with Gasteiger partial charge in [-0.15, -0.1) is 0 Å². The second-order valence-electron chi connectivity index (χ2n) is 7.89. The van der Waals surface area contributed by atoms with Gasteiger partial charge in [-0.1, -0.05) is 66.7 Å². The van der Waals surface area contributed by atoms with E-state index in [1.165, 1.54) is 53.7 Å². The zero-order valence-corrected chi connectivity index (χ0v) is 15.7. The van der Waals surface area contributed by atoms with Crippen LogP contribution in [0.2, 0.25) is 0 Å². The van der Waals surface area contributed by atoms with Gasteiger partial charge >= 0.3 is 0 Å². The average Bonchev–Trinajstić information content (AvgIpc) is 2.75. The van der Waals surface area contributed by atoms with Gasteiger partial charge < -0.3 is 4.74 Å². The van der Waals surface area contributed by atoms with Gasteiger partial charge in [0.05, 0.1) is 0 Å². The highest BCUT2D eigenvalue weighted by molar-refractivity contribution is 5.61. The van der Waals surface area contributed by atoms with Gasteiger partial charge in [-0.05, 0) is 72.4 Å². The summed E-state index contributed by atoms with van der Waals surface area (Å²) in [4.78, 5) is 0. The zero-order chi connectivity index (χ0) is 18.1. The molecule has 1 heteroatoms. The van der Waals surface area contributed by atoms with E-state index in [2.05, 4.69) is 72.8 Å². The minimum absolute atomic E-state index is 0.147. The molecule has 3 aliphatic rings.